The van der Waals surface area contributed by atoms with E-state index in [1.165, 1.54) is 0 Å². The number of amides is 1. The molecule has 1 aromatic rings. The van der Waals surface area contributed by atoms with Gasteiger partial charge in [-0.25, -0.2) is 4.79 Å². The molecule has 21 heavy (non-hydrogen) atoms. The smallest absolute Gasteiger partial charge is 0.361 e. The van der Waals surface area contributed by atoms with Crippen LogP contribution in [0.5, 0.6) is 0 Å². The SMILES string of the molecule is COC(=O)c1nn(CCOC2CCC2)c(C(N)=O)c1N=O. The Balaban J connectivity index is 2.21. The van der Waals surface area contributed by atoms with Gasteiger partial charge in [-0.1, -0.05) is 0 Å². The van der Waals surface area contributed by atoms with Crippen LogP contribution in [0.1, 0.15) is 40.2 Å². The van der Waals surface area contributed by atoms with Crippen LogP contribution < -0.4 is 5.73 Å². The normalized spacial score (nSPS) is 14.5. The van der Waals surface area contributed by atoms with E-state index >= 15 is 0 Å². The fourth-order valence-electron chi connectivity index (χ4n) is 2.02. The van der Waals surface area contributed by atoms with Gasteiger partial charge >= 0.3 is 5.97 Å². The third-order valence-electron chi connectivity index (χ3n) is 3.34. The Morgan fingerprint density at radius 1 is 1.48 bits per heavy atom. The van der Waals surface area contributed by atoms with Crippen molar-refractivity contribution < 1.29 is 19.1 Å². The number of hydrogen-bond acceptors (Lipinski definition) is 7. The van der Waals surface area contributed by atoms with Crippen molar-refractivity contribution in [1.82, 2.24) is 9.78 Å². The van der Waals surface area contributed by atoms with Crippen molar-refractivity contribution in [2.45, 2.75) is 31.9 Å². The van der Waals surface area contributed by atoms with E-state index in [1.807, 2.05) is 0 Å². The van der Waals surface area contributed by atoms with E-state index < -0.39 is 17.6 Å². The summed E-state index contributed by atoms with van der Waals surface area (Å²) in [5.41, 5.74) is 4.27. The Morgan fingerprint density at radius 2 is 2.19 bits per heavy atom. The van der Waals surface area contributed by atoms with Crippen molar-refractivity contribution in [2.24, 2.45) is 10.9 Å². The number of nitrogens with zero attached hydrogens (tertiary/aromatic N) is 3. The lowest BCUT2D eigenvalue weighted by Crippen LogP contribution is -2.25. The van der Waals surface area contributed by atoms with Crippen molar-refractivity contribution in [3.8, 4) is 0 Å². The lowest BCUT2D eigenvalue weighted by molar-refractivity contribution is -0.00257. The highest BCUT2D eigenvalue weighted by molar-refractivity contribution is 6.02. The van der Waals surface area contributed by atoms with Gasteiger partial charge in [-0.2, -0.15) is 5.10 Å². The maximum absolute atomic E-state index is 11.5. The van der Waals surface area contributed by atoms with Crippen LogP contribution in [0.2, 0.25) is 0 Å². The number of esters is 1. The Kier molecular flexibility index (Phi) is 4.63. The molecule has 1 aliphatic carbocycles. The predicted octanol–water partition coefficient (Wildman–Crippen LogP) is 0.736. The minimum atomic E-state index is -0.893. The highest BCUT2D eigenvalue weighted by atomic mass is 16.5. The molecule has 1 fully saturated rings. The first-order valence-electron chi connectivity index (χ1n) is 6.52. The van der Waals surface area contributed by atoms with Gasteiger partial charge in [-0.15, -0.1) is 4.91 Å². The van der Waals surface area contributed by atoms with Crippen LogP contribution in [-0.4, -0.2) is 41.5 Å². The first kappa shape index (κ1) is 15.1. The first-order chi connectivity index (χ1) is 10.1. The van der Waals surface area contributed by atoms with Gasteiger partial charge in [0.05, 0.1) is 26.4 Å². The molecule has 1 aliphatic rings. The van der Waals surface area contributed by atoms with Gasteiger partial charge in [0.15, 0.2) is 17.1 Å². The molecule has 114 valence electrons. The number of carbonyl (C=O) groups is 2. The maximum atomic E-state index is 11.5. The molecule has 0 unspecified atom stereocenters. The molecular weight excluding hydrogens is 280 g/mol. The van der Waals surface area contributed by atoms with Crippen molar-refractivity contribution in [2.75, 3.05) is 13.7 Å². The summed E-state index contributed by atoms with van der Waals surface area (Å²) < 4.78 is 11.2. The molecule has 0 aliphatic heterocycles. The van der Waals surface area contributed by atoms with Crippen LogP contribution in [0.25, 0.3) is 0 Å². The number of rotatable bonds is 7. The Bertz CT molecular complexity index is 564. The Morgan fingerprint density at radius 3 is 2.67 bits per heavy atom. The van der Waals surface area contributed by atoms with Crippen LogP contribution >= 0.6 is 0 Å². The molecule has 2 N–H and O–H groups in total. The van der Waals surface area contributed by atoms with Crippen LogP contribution in [-0.2, 0) is 16.0 Å². The molecule has 9 heteroatoms. The van der Waals surface area contributed by atoms with Gasteiger partial charge < -0.3 is 15.2 Å². The van der Waals surface area contributed by atoms with Crippen LogP contribution in [0.15, 0.2) is 5.18 Å². The van der Waals surface area contributed by atoms with E-state index in [4.69, 9.17) is 10.5 Å². The van der Waals surface area contributed by atoms with E-state index in [9.17, 15) is 14.5 Å². The first-order valence-corrected chi connectivity index (χ1v) is 6.52. The number of primary amides is 1. The second-order valence-electron chi connectivity index (χ2n) is 4.64. The maximum Gasteiger partial charge on any atom is 0.361 e. The van der Waals surface area contributed by atoms with E-state index in [0.29, 0.717) is 6.61 Å². The third-order valence-corrected chi connectivity index (χ3v) is 3.34. The fourth-order valence-corrected chi connectivity index (χ4v) is 2.02. The molecule has 1 saturated carbocycles. The molecule has 0 atom stereocenters. The lowest BCUT2D eigenvalue weighted by atomic mass is 9.96. The Hall–Kier alpha value is -2.29. The molecule has 9 nitrogen and oxygen atoms in total. The van der Waals surface area contributed by atoms with Crippen molar-refractivity contribution >= 4 is 17.6 Å². The summed E-state index contributed by atoms with van der Waals surface area (Å²) in [6.45, 7) is 0.486. The summed E-state index contributed by atoms with van der Waals surface area (Å²) >= 11 is 0. The van der Waals surface area contributed by atoms with Crippen LogP contribution in [0, 0.1) is 4.91 Å². The van der Waals surface area contributed by atoms with Gasteiger partial charge in [0, 0.05) is 0 Å². The monoisotopic (exact) mass is 296 g/mol. The van der Waals surface area contributed by atoms with Gasteiger partial charge in [-0.3, -0.25) is 9.48 Å². The highest BCUT2D eigenvalue weighted by Crippen LogP contribution is 2.25. The molecule has 1 amide bonds. The molecule has 1 aromatic heterocycles. The summed E-state index contributed by atoms with van der Waals surface area (Å²) in [7, 11) is 1.14. The molecule has 0 bridgehead atoms. The van der Waals surface area contributed by atoms with E-state index in [-0.39, 0.29) is 24.0 Å². The quantitative estimate of drug-likeness (QED) is 0.584. The van der Waals surface area contributed by atoms with E-state index in [2.05, 4.69) is 15.0 Å². The highest BCUT2D eigenvalue weighted by Gasteiger charge is 2.28. The summed E-state index contributed by atoms with van der Waals surface area (Å²) in [6, 6.07) is 0. The molecular formula is C12H16N4O5. The van der Waals surface area contributed by atoms with Gasteiger partial charge in [0.25, 0.3) is 5.91 Å². The predicted molar refractivity (Wildman–Crippen MR) is 71.1 cm³/mol. The average molecular weight is 296 g/mol. The number of aromatic nitrogens is 2. The summed E-state index contributed by atoms with van der Waals surface area (Å²) in [5.74, 6) is -1.75. The zero-order chi connectivity index (χ0) is 15.4. The second kappa shape index (κ2) is 6.44. The van der Waals surface area contributed by atoms with Crippen LogP contribution in [0.3, 0.4) is 0 Å². The van der Waals surface area contributed by atoms with E-state index in [1.54, 1.807) is 0 Å². The largest absolute Gasteiger partial charge is 0.464 e. The zero-order valence-corrected chi connectivity index (χ0v) is 11.6. The topological polar surface area (TPSA) is 126 Å². The Labute approximate surface area is 120 Å². The molecule has 1 heterocycles. The average Bonchev–Trinajstić information content (AvgIpc) is 2.79. The second-order valence-corrected chi connectivity index (χ2v) is 4.64. The summed E-state index contributed by atoms with van der Waals surface area (Å²) in [6.07, 6.45) is 3.39. The number of nitrogens with two attached hydrogens (primary N) is 1. The summed E-state index contributed by atoms with van der Waals surface area (Å²) in [4.78, 5) is 33.9. The van der Waals surface area contributed by atoms with Crippen LogP contribution in [0.4, 0.5) is 5.69 Å². The number of nitroso groups, excluding NO2 is 1. The lowest BCUT2D eigenvalue weighted by Gasteiger charge is -2.25. The van der Waals surface area contributed by atoms with Gasteiger partial charge in [-0.05, 0) is 24.4 Å². The summed E-state index contributed by atoms with van der Waals surface area (Å²) in [5, 5.41) is 6.56. The van der Waals surface area contributed by atoms with Crippen molar-refractivity contribution in [3.63, 3.8) is 0 Å². The standard InChI is InChI=1S/C12H16N4O5/c1-20-12(18)9-8(15-19)10(11(13)17)16(14-9)5-6-21-7-3-2-4-7/h7H,2-6H2,1H3,(H2,13,17). The zero-order valence-electron chi connectivity index (χ0n) is 11.6. The van der Waals surface area contributed by atoms with Gasteiger partial charge in [0.2, 0.25) is 0 Å². The number of carbonyl (C=O) groups excluding carboxylic acids is 2. The molecule has 0 radical (unpaired) electrons. The number of ether oxygens (including phenoxy) is 2. The minimum Gasteiger partial charge on any atom is -0.464 e. The van der Waals surface area contributed by atoms with Crippen molar-refractivity contribution in [3.05, 3.63) is 16.3 Å². The fraction of sp³-hybridized carbons (Fsp3) is 0.583. The number of methoxy groups -OCH3 is 1. The third kappa shape index (κ3) is 3.07. The molecule has 2 rings (SSSR count). The van der Waals surface area contributed by atoms with Crippen molar-refractivity contribution in [1.29, 1.82) is 0 Å². The molecule has 0 aromatic carbocycles. The van der Waals surface area contributed by atoms with E-state index in [0.717, 1.165) is 31.1 Å². The number of hydrogen-bond donors (Lipinski definition) is 1. The minimum absolute atomic E-state index is 0.189. The van der Waals surface area contributed by atoms with Gasteiger partial charge in [0.1, 0.15) is 0 Å². The molecule has 0 spiro atoms. The molecule has 0 saturated heterocycles.